The van der Waals surface area contributed by atoms with E-state index in [-0.39, 0.29) is 17.7 Å². The fraction of sp³-hybridized carbons (Fsp3) is 0.364. The number of hydrogen-bond acceptors (Lipinski definition) is 3. The number of nitrogens with one attached hydrogen (secondary N) is 2. The quantitative estimate of drug-likeness (QED) is 0.661. The highest BCUT2D eigenvalue weighted by molar-refractivity contribution is 5.96. The number of aryl methyl sites for hydroxylation is 1. The fourth-order valence-electron chi connectivity index (χ4n) is 2.65. The number of carbonyl (C=O) groups excluding carboxylic acids is 2. The largest absolute Gasteiger partial charge is 0.494 e. The molecule has 3 rings (SSSR count). The molecule has 0 bridgehead atoms. The molecule has 5 nitrogen and oxygen atoms in total. The second-order valence-electron chi connectivity index (χ2n) is 6.97. The Morgan fingerprint density at radius 2 is 1.70 bits per heavy atom. The number of unbranched alkanes of at least 4 members (excludes halogenated alkanes) is 1. The molecule has 0 atom stereocenters. The summed E-state index contributed by atoms with van der Waals surface area (Å²) in [7, 11) is 0. The maximum absolute atomic E-state index is 12.2. The molecule has 142 valence electrons. The number of rotatable bonds is 9. The van der Waals surface area contributed by atoms with Crippen molar-refractivity contribution in [3.63, 3.8) is 0 Å². The number of ether oxygens (including phenoxy) is 1. The number of hydrogen-bond donors (Lipinski definition) is 2. The van der Waals surface area contributed by atoms with E-state index in [1.165, 1.54) is 5.56 Å². The van der Waals surface area contributed by atoms with Crippen molar-refractivity contribution in [2.75, 3.05) is 18.5 Å². The Kier molecular flexibility index (Phi) is 6.47. The highest BCUT2D eigenvalue weighted by Gasteiger charge is 2.29. The van der Waals surface area contributed by atoms with Crippen molar-refractivity contribution in [2.24, 2.45) is 5.92 Å². The molecular formula is C22H26N2O3. The zero-order valence-corrected chi connectivity index (χ0v) is 15.7. The summed E-state index contributed by atoms with van der Waals surface area (Å²) in [6, 6.07) is 15.0. The van der Waals surface area contributed by atoms with E-state index in [0.717, 1.165) is 37.1 Å². The number of anilines is 1. The minimum Gasteiger partial charge on any atom is -0.494 e. The third-order valence-electron chi connectivity index (χ3n) is 4.51. The standard InChI is InChI=1S/C22H26N2O3/c1-16-4-12-20(13-5-16)27-15-3-2-14-23-21(25)17-8-10-19(11-9-17)24-22(26)18-6-7-18/h4-5,8-13,18H,2-3,6-7,14-15H2,1H3,(H,23,25)(H,24,26). The third kappa shape index (κ3) is 6.13. The van der Waals surface area contributed by atoms with Crippen molar-refractivity contribution in [2.45, 2.75) is 32.6 Å². The summed E-state index contributed by atoms with van der Waals surface area (Å²) in [6.07, 6.45) is 3.68. The van der Waals surface area contributed by atoms with Gasteiger partial charge in [-0.1, -0.05) is 17.7 Å². The molecule has 1 fully saturated rings. The topological polar surface area (TPSA) is 67.4 Å². The first-order valence-electron chi connectivity index (χ1n) is 9.50. The lowest BCUT2D eigenvalue weighted by Crippen LogP contribution is -2.24. The van der Waals surface area contributed by atoms with Gasteiger partial charge >= 0.3 is 0 Å². The van der Waals surface area contributed by atoms with Crippen LogP contribution < -0.4 is 15.4 Å². The second kappa shape index (κ2) is 9.21. The first-order chi connectivity index (χ1) is 13.1. The van der Waals surface area contributed by atoms with E-state index in [9.17, 15) is 9.59 Å². The van der Waals surface area contributed by atoms with Crippen LogP contribution >= 0.6 is 0 Å². The normalized spacial score (nSPS) is 13.1. The van der Waals surface area contributed by atoms with Crippen LogP contribution in [0.4, 0.5) is 5.69 Å². The van der Waals surface area contributed by atoms with E-state index >= 15 is 0 Å². The fourth-order valence-corrected chi connectivity index (χ4v) is 2.65. The van der Waals surface area contributed by atoms with Gasteiger partial charge in [0, 0.05) is 23.7 Å². The molecule has 2 aromatic rings. The van der Waals surface area contributed by atoms with E-state index in [1.54, 1.807) is 24.3 Å². The highest BCUT2D eigenvalue weighted by atomic mass is 16.5. The molecule has 0 heterocycles. The average Bonchev–Trinajstić information content (AvgIpc) is 3.52. The van der Waals surface area contributed by atoms with Crippen LogP contribution in [-0.2, 0) is 4.79 Å². The van der Waals surface area contributed by atoms with Gasteiger partial charge in [0.1, 0.15) is 5.75 Å². The van der Waals surface area contributed by atoms with Gasteiger partial charge in [-0.2, -0.15) is 0 Å². The van der Waals surface area contributed by atoms with Crippen molar-refractivity contribution >= 4 is 17.5 Å². The predicted molar refractivity (Wildman–Crippen MR) is 106 cm³/mol. The Hall–Kier alpha value is -2.82. The van der Waals surface area contributed by atoms with E-state index in [2.05, 4.69) is 10.6 Å². The van der Waals surface area contributed by atoms with Crippen LogP contribution in [-0.4, -0.2) is 25.0 Å². The van der Waals surface area contributed by atoms with Crippen LogP contribution in [0.1, 0.15) is 41.6 Å². The van der Waals surface area contributed by atoms with Crippen LogP contribution in [0.3, 0.4) is 0 Å². The first-order valence-corrected chi connectivity index (χ1v) is 9.50. The van der Waals surface area contributed by atoms with Crippen LogP contribution in [0.2, 0.25) is 0 Å². The number of carbonyl (C=O) groups is 2. The maximum Gasteiger partial charge on any atom is 0.251 e. The van der Waals surface area contributed by atoms with Gasteiger partial charge in [0.25, 0.3) is 5.91 Å². The van der Waals surface area contributed by atoms with Crippen LogP contribution in [0.5, 0.6) is 5.75 Å². The van der Waals surface area contributed by atoms with Crippen LogP contribution in [0, 0.1) is 12.8 Å². The summed E-state index contributed by atoms with van der Waals surface area (Å²) in [5, 5.41) is 5.78. The Bertz CT molecular complexity index is 765. The second-order valence-corrected chi connectivity index (χ2v) is 6.97. The van der Waals surface area contributed by atoms with Crippen LogP contribution in [0.25, 0.3) is 0 Å². The lowest BCUT2D eigenvalue weighted by molar-refractivity contribution is -0.117. The number of amides is 2. The van der Waals surface area contributed by atoms with Crippen molar-refractivity contribution in [3.8, 4) is 5.75 Å². The van der Waals surface area contributed by atoms with Gasteiger partial charge in [0.2, 0.25) is 5.91 Å². The Morgan fingerprint density at radius 3 is 2.37 bits per heavy atom. The minimum atomic E-state index is -0.102. The monoisotopic (exact) mass is 366 g/mol. The SMILES string of the molecule is Cc1ccc(OCCCCNC(=O)c2ccc(NC(=O)C3CC3)cc2)cc1. The summed E-state index contributed by atoms with van der Waals surface area (Å²) in [6.45, 7) is 3.29. The van der Waals surface area contributed by atoms with Crippen molar-refractivity contribution in [3.05, 3.63) is 59.7 Å². The van der Waals surface area contributed by atoms with Gasteiger partial charge in [0.05, 0.1) is 6.61 Å². The van der Waals surface area contributed by atoms with Crippen molar-refractivity contribution in [1.82, 2.24) is 5.32 Å². The number of benzene rings is 2. The van der Waals surface area contributed by atoms with Crippen molar-refractivity contribution < 1.29 is 14.3 Å². The van der Waals surface area contributed by atoms with E-state index in [0.29, 0.717) is 18.7 Å². The zero-order chi connectivity index (χ0) is 19.1. The molecule has 1 aliphatic rings. The third-order valence-corrected chi connectivity index (χ3v) is 4.51. The molecule has 0 aromatic heterocycles. The van der Waals surface area contributed by atoms with Gasteiger partial charge in [0.15, 0.2) is 0 Å². The molecule has 27 heavy (non-hydrogen) atoms. The molecule has 0 spiro atoms. The van der Waals surface area contributed by atoms with Gasteiger partial charge in [-0.15, -0.1) is 0 Å². The summed E-state index contributed by atoms with van der Waals surface area (Å²) in [4.78, 5) is 23.9. The summed E-state index contributed by atoms with van der Waals surface area (Å²) in [5.74, 6) is 1.01. The lowest BCUT2D eigenvalue weighted by Gasteiger charge is -2.08. The summed E-state index contributed by atoms with van der Waals surface area (Å²) in [5.41, 5.74) is 2.54. The molecule has 2 aromatic carbocycles. The molecule has 0 saturated heterocycles. The Balaban J connectivity index is 1.31. The Labute approximate surface area is 160 Å². The van der Waals surface area contributed by atoms with E-state index < -0.39 is 0 Å². The molecule has 1 saturated carbocycles. The minimum absolute atomic E-state index is 0.0695. The molecule has 5 heteroatoms. The van der Waals surface area contributed by atoms with Gasteiger partial charge in [-0.25, -0.2) is 0 Å². The van der Waals surface area contributed by atoms with Crippen LogP contribution in [0.15, 0.2) is 48.5 Å². The first kappa shape index (κ1) is 19.0. The smallest absolute Gasteiger partial charge is 0.251 e. The van der Waals surface area contributed by atoms with Gasteiger partial charge in [-0.05, 0) is 69.0 Å². The maximum atomic E-state index is 12.2. The predicted octanol–water partition coefficient (Wildman–Crippen LogP) is 3.93. The summed E-state index contributed by atoms with van der Waals surface area (Å²) >= 11 is 0. The molecule has 1 aliphatic carbocycles. The van der Waals surface area contributed by atoms with E-state index in [4.69, 9.17) is 4.74 Å². The average molecular weight is 366 g/mol. The summed E-state index contributed by atoms with van der Waals surface area (Å²) < 4.78 is 5.67. The zero-order valence-electron chi connectivity index (χ0n) is 15.7. The lowest BCUT2D eigenvalue weighted by atomic mass is 10.2. The van der Waals surface area contributed by atoms with Crippen molar-refractivity contribution in [1.29, 1.82) is 0 Å². The molecule has 2 amide bonds. The molecular weight excluding hydrogens is 340 g/mol. The highest BCUT2D eigenvalue weighted by Crippen LogP contribution is 2.30. The molecule has 0 radical (unpaired) electrons. The molecule has 0 aliphatic heterocycles. The Morgan fingerprint density at radius 1 is 1.00 bits per heavy atom. The molecule has 2 N–H and O–H groups in total. The molecule has 0 unspecified atom stereocenters. The van der Waals surface area contributed by atoms with E-state index in [1.807, 2.05) is 31.2 Å². The van der Waals surface area contributed by atoms with Gasteiger partial charge in [-0.3, -0.25) is 9.59 Å². The van der Waals surface area contributed by atoms with Gasteiger partial charge < -0.3 is 15.4 Å².